The van der Waals surface area contributed by atoms with Gasteiger partial charge in [-0.3, -0.25) is 4.79 Å². The molecular weight excluding hydrogens is 466 g/mol. The Morgan fingerprint density at radius 2 is 1.83 bits per heavy atom. The Bertz CT molecular complexity index is 1310. The Labute approximate surface area is 206 Å². The monoisotopic (exact) mass is 497 g/mol. The van der Waals surface area contributed by atoms with Crippen LogP contribution in [0.4, 0.5) is 0 Å². The molecule has 1 aliphatic heterocycles. The lowest BCUT2D eigenvalue weighted by Crippen LogP contribution is -2.43. The van der Waals surface area contributed by atoms with Crippen LogP contribution in [0, 0.1) is 33.6 Å². The van der Waals surface area contributed by atoms with E-state index in [1.165, 1.54) is 9.87 Å². The Balaban J connectivity index is 1.46. The molecule has 0 bridgehead atoms. The summed E-state index contributed by atoms with van der Waals surface area (Å²) in [6, 6.07) is 7.74. The number of furan rings is 1. The second-order valence-corrected chi connectivity index (χ2v) is 11.0. The number of rotatable bonds is 7. The van der Waals surface area contributed by atoms with E-state index >= 15 is 0 Å². The SMILES string of the molecule is Cc1cc(C)c(C=Cc2onc(C)c2S(=O)(=O)N2CCC(C(=O)NCc3ccco3)CC2)c(C)c1. The predicted molar refractivity (Wildman–Crippen MR) is 133 cm³/mol. The van der Waals surface area contributed by atoms with Gasteiger partial charge in [0, 0.05) is 19.0 Å². The summed E-state index contributed by atoms with van der Waals surface area (Å²) in [5.74, 6) is 0.553. The summed E-state index contributed by atoms with van der Waals surface area (Å²) in [5.41, 5.74) is 4.72. The van der Waals surface area contributed by atoms with Crippen LogP contribution < -0.4 is 5.32 Å². The van der Waals surface area contributed by atoms with Gasteiger partial charge in [-0.05, 0) is 75.4 Å². The van der Waals surface area contributed by atoms with Crippen molar-refractivity contribution in [3.05, 3.63) is 70.0 Å². The number of sulfonamides is 1. The van der Waals surface area contributed by atoms with Crippen LogP contribution >= 0.6 is 0 Å². The van der Waals surface area contributed by atoms with Gasteiger partial charge in [-0.25, -0.2) is 8.42 Å². The fourth-order valence-electron chi connectivity index (χ4n) is 4.63. The van der Waals surface area contributed by atoms with Crippen LogP contribution in [0.15, 0.2) is 44.4 Å². The average Bonchev–Trinajstić information content (AvgIpc) is 3.46. The van der Waals surface area contributed by atoms with Gasteiger partial charge < -0.3 is 14.3 Å². The first-order valence-corrected chi connectivity index (χ1v) is 13.1. The maximum atomic E-state index is 13.5. The fourth-order valence-corrected chi connectivity index (χ4v) is 6.35. The predicted octanol–water partition coefficient (Wildman–Crippen LogP) is 4.39. The standard InChI is InChI=1S/C26H31N3O5S/c1-17-14-18(2)23(19(3)15-17)7-8-24-25(20(4)28-34-24)35(31,32)29-11-9-21(10-12-29)26(30)27-16-22-6-5-13-33-22/h5-8,13-15,21H,9-12,16H2,1-4H3,(H,27,30). The highest BCUT2D eigenvalue weighted by Crippen LogP contribution is 2.30. The van der Waals surface area contributed by atoms with Gasteiger partial charge in [-0.2, -0.15) is 4.31 Å². The van der Waals surface area contributed by atoms with E-state index in [4.69, 9.17) is 8.94 Å². The van der Waals surface area contributed by atoms with Crippen molar-refractivity contribution in [2.45, 2.75) is 52.0 Å². The number of piperidine rings is 1. The molecule has 1 aliphatic rings. The molecule has 1 amide bonds. The largest absolute Gasteiger partial charge is 0.467 e. The molecule has 1 fully saturated rings. The highest BCUT2D eigenvalue weighted by Gasteiger charge is 2.35. The van der Waals surface area contributed by atoms with Crippen molar-refractivity contribution in [3.63, 3.8) is 0 Å². The molecule has 3 aromatic rings. The molecule has 0 radical (unpaired) electrons. The Morgan fingerprint density at radius 3 is 2.46 bits per heavy atom. The number of hydrogen-bond donors (Lipinski definition) is 1. The minimum atomic E-state index is -3.83. The molecular formula is C26H31N3O5S. The number of nitrogens with one attached hydrogen (secondary N) is 1. The molecule has 4 rings (SSSR count). The second-order valence-electron chi connectivity index (χ2n) is 9.08. The topological polar surface area (TPSA) is 106 Å². The molecule has 9 heteroatoms. The lowest BCUT2D eigenvalue weighted by atomic mass is 9.97. The maximum Gasteiger partial charge on any atom is 0.248 e. The zero-order valence-corrected chi connectivity index (χ0v) is 21.3. The van der Waals surface area contributed by atoms with E-state index < -0.39 is 10.0 Å². The van der Waals surface area contributed by atoms with Gasteiger partial charge >= 0.3 is 0 Å². The van der Waals surface area contributed by atoms with Crippen molar-refractivity contribution in [2.24, 2.45) is 5.92 Å². The lowest BCUT2D eigenvalue weighted by Gasteiger charge is -2.30. The van der Waals surface area contributed by atoms with Crippen molar-refractivity contribution in [1.29, 1.82) is 0 Å². The smallest absolute Gasteiger partial charge is 0.248 e. The van der Waals surface area contributed by atoms with Gasteiger partial charge in [0.25, 0.3) is 0 Å². The Morgan fingerprint density at radius 1 is 1.14 bits per heavy atom. The highest BCUT2D eigenvalue weighted by molar-refractivity contribution is 7.89. The van der Waals surface area contributed by atoms with Gasteiger partial charge in [0.15, 0.2) is 10.7 Å². The van der Waals surface area contributed by atoms with Gasteiger partial charge in [0.2, 0.25) is 15.9 Å². The average molecular weight is 498 g/mol. The summed E-state index contributed by atoms with van der Waals surface area (Å²) in [6.07, 6.45) is 6.00. The van der Waals surface area contributed by atoms with Gasteiger partial charge in [0.1, 0.15) is 11.5 Å². The number of hydrogen-bond acceptors (Lipinski definition) is 6. The quantitative estimate of drug-likeness (QED) is 0.519. The van der Waals surface area contributed by atoms with Gasteiger partial charge in [0.05, 0.1) is 12.8 Å². The molecule has 1 saturated heterocycles. The lowest BCUT2D eigenvalue weighted by molar-refractivity contribution is -0.126. The van der Waals surface area contributed by atoms with Gasteiger partial charge in [-0.15, -0.1) is 0 Å². The van der Waals surface area contributed by atoms with E-state index in [0.717, 1.165) is 16.7 Å². The van der Waals surface area contributed by atoms with E-state index in [1.807, 2.05) is 26.8 Å². The van der Waals surface area contributed by atoms with Crippen LogP contribution in [0.3, 0.4) is 0 Å². The number of carbonyl (C=O) groups excluding carboxylic acids is 1. The first-order valence-electron chi connectivity index (χ1n) is 11.7. The van der Waals surface area contributed by atoms with Crippen LogP contribution in [-0.2, 0) is 21.4 Å². The maximum absolute atomic E-state index is 13.5. The summed E-state index contributed by atoms with van der Waals surface area (Å²) in [4.78, 5) is 12.6. The van der Waals surface area contributed by atoms with Crippen LogP contribution in [0.2, 0.25) is 0 Å². The minimum Gasteiger partial charge on any atom is -0.467 e. The van der Waals surface area contributed by atoms with E-state index in [0.29, 0.717) is 30.8 Å². The number of carbonyl (C=O) groups is 1. The van der Waals surface area contributed by atoms with Crippen LogP contribution in [0.25, 0.3) is 12.2 Å². The second kappa shape index (κ2) is 10.2. The van der Waals surface area contributed by atoms with E-state index in [1.54, 1.807) is 31.4 Å². The molecule has 0 aliphatic carbocycles. The van der Waals surface area contributed by atoms with Crippen molar-refractivity contribution >= 4 is 28.1 Å². The molecule has 0 saturated carbocycles. The van der Waals surface area contributed by atoms with E-state index in [9.17, 15) is 13.2 Å². The van der Waals surface area contributed by atoms with Crippen molar-refractivity contribution in [3.8, 4) is 0 Å². The summed E-state index contributed by atoms with van der Waals surface area (Å²) < 4.78 is 39.1. The zero-order chi connectivity index (χ0) is 25.2. The van der Waals surface area contributed by atoms with E-state index in [-0.39, 0.29) is 35.6 Å². The third-order valence-corrected chi connectivity index (χ3v) is 8.47. The summed E-state index contributed by atoms with van der Waals surface area (Å²) in [7, 11) is -3.83. The molecule has 1 aromatic carbocycles. The number of benzene rings is 1. The minimum absolute atomic E-state index is 0.0805. The first kappa shape index (κ1) is 24.9. The zero-order valence-electron chi connectivity index (χ0n) is 20.5. The fraction of sp³-hybridized carbons (Fsp3) is 0.385. The molecule has 0 unspecified atom stereocenters. The normalized spacial score (nSPS) is 15.7. The molecule has 35 heavy (non-hydrogen) atoms. The Kier molecular flexibility index (Phi) is 7.28. The third kappa shape index (κ3) is 5.41. The van der Waals surface area contributed by atoms with Crippen LogP contribution in [0.5, 0.6) is 0 Å². The number of amides is 1. The molecule has 3 heterocycles. The first-order chi connectivity index (χ1) is 16.7. The van der Waals surface area contributed by atoms with Crippen molar-refractivity contribution in [1.82, 2.24) is 14.8 Å². The molecule has 186 valence electrons. The molecule has 8 nitrogen and oxygen atoms in total. The molecule has 0 atom stereocenters. The van der Waals surface area contributed by atoms with Crippen LogP contribution in [0.1, 0.15) is 52.3 Å². The number of aromatic nitrogens is 1. The number of aryl methyl sites for hydroxylation is 4. The molecule has 2 aromatic heterocycles. The van der Waals surface area contributed by atoms with Crippen LogP contribution in [-0.4, -0.2) is 36.9 Å². The van der Waals surface area contributed by atoms with Gasteiger partial charge in [-0.1, -0.05) is 28.9 Å². The Hall–Kier alpha value is -3.17. The highest BCUT2D eigenvalue weighted by atomic mass is 32.2. The van der Waals surface area contributed by atoms with E-state index in [2.05, 4.69) is 22.6 Å². The summed E-state index contributed by atoms with van der Waals surface area (Å²) in [6.45, 7) is 8.56. The summed E-state index contributed by atoms with van der Waals surface area (Å²) >= 11 is 0. The van der Waals surface area contributed by atoms with Crippen molar-refractivity contribution < 1.29 is 22.2 Å². The molecule has 0 spiro atoms. The number of nitrogens with zero attached hydrogens (tertiary/aromatic N) is 2. The van der Waals surface area contributed by atoms with Crippen molar-refractivity contribution in [2.75, 3.05) is 13.1 Å². The summed E-state index contributed by atoms with van der Waals surface area (Å²) in [5, 5.41) is 6.80. The third-order valence-electron chi connectivity index (χ3n) is 6.41. The molecule has 1 N–H and O–H groups in total.